The van der Waals surface area contributed by atoms with Gasteiger partial charge in [0.1, 0.15) is 0 Å². The summed E-state index contributed by atoms with van der Waals surface area (Å²) in [4.78, 5) is 40.0. The van der Waals surface area contributed by atoms with E-state index in [2.05, 4.69) is 26.0 Å². The maximum Gasteiger partial charge on any atom is 0.312 e. The van der Waals surface area contributed by atoms with Crippen LogP contribution in [0, 0.1) is 10.1 Å². The third kappa shape index (κ3) is 4.69. The fourth-order valence-electron chi connectivity index (χ4n) is 3.26. The maximum absolute atomic E-state index is 13.3. The van der Waals surface area contributed by atoms with Gasteiger partial charge in [-0.2, -0.15) is 9.78 Å². The summed E-state index contributed by atoms with van der Waals surface area (Å²) in [5, 5.41) is 16.2. The zero-order chi connectivity index (χ0) is 24.2. The van der Waals surface area contributed by atoms with E-state index in [1.165, 1.54) is 18.3 Å². The van der Waals surface area contributed by atoms with E-state index >= 15 is 0 Å². The molecule has 4 aromatic rings. The molecule has 10 nitrogen and oxygen atoms in total. The van der Waals surface area contributed by atoms with Crippen LogP contribution in [-0.4, -0.2) is 33.3 Å². The average molecular weight is 522 g/mol. The highest BCUT2D eigenvalue weighted by atomic mass is 79.9. The number of carbonyl (C=O) groups excluding carboxylic acids is 1. The van der Waals surface area contributed by atoms with Crippen molar-refractivity contribution in [3.05, 3.63) is 97.2 Å². The van der Waals surface area contributed by atoms with Gasteiger partial charge in [-0.3, -0.25) is 19.7 Å². The lowest BCUT2D eigenvalue weighted by Gasteiger charge is -2.11. The lowest BCUT2D eigenvalue weighted by Crippen LogP contribution is -2.21. The van der Waals surface area contributed by atoms with Crippen LogP contribution in [0.1, 0.15) is 5.56 Å². The predicted octanol–water partition coefficient (Wildman–Crippen LogP) is 3.48. The second-order valence-corrected chi connectivity index (χ2v) is 7.95. The highest BCUT2D eigenvalue weighted by molar-refractivity contribution is 9.10. The van der Waals surface area contributed by atoms with Gasteiger partial charge >= 0.3 is 5.69 Å². The Balaban J connectivity index is 1.92. The Kier molecular flexibility index (Phi) is 6.46. The maximum atomic E-state index is 13.3. The number of ether oxygens (including phenoxy) is 1. The van der Waals surface area contributed by atoms with Gasteiger partial charge in [0.2, 0.25) is 5.75 Å². The number of fused-ring (bicyclic) bond motifs is 1. The standard InChI is InChI=1S/C23H16BrN5O5/c24-16-10-15(21(34-13-20(25)30)19(11-16)29(32)33)12-26-28-22(14-6-2-1-3-7-14)27-18-9-5-4-8-17(18)23(28)31/h1-12H,13H2,(H2,25,30). The topological polar surface area (TPSA) is 143 Å². The molecule has 2 N–H and O–H groups in total. The Bertz CT molecular complexity index is 1500. The van der Waals surface area contributed by atoms with E-state index in [-0.39, 0.29) is 17.1 Å². The van der Waals surface area contributed by atoms with Crippen LogP contribution in [-0.2, 0) is 4.79 Å². The molecule has 1 amide bonds. The quantitative estimate of drug-likeness (QED) is 0.224. The normalized spacial score (nSPS) is 11.1. The lowest BCUT2D eigenvalue weighted by atomic mass is 10.2. The van der Waals surface area contributed by atoms with Crippen LogP contribution >= 0.6 is 15.9 Å². The van der Waals surface area contributed by atoms with Gasteiger partial charge in [0, 0.05) is 21.7 Å². The number of carbonyl (C=O) groups is 1. The Morgan fingerprint density at radius 1 is 1.18 bits per heavy atom. The molecular weight excluding hydrogens is 506 g/mol. The summed E-state index contributed by atoms with van der Waals surface area (Å²) in [6.45, 7) is -0.573. The number of hydrogen-bond acceptors (Lipinski definition) is 7. The number of nitrogens with zero attached hydrogens (tertiary/aromatic N) is 4. The Morgan fingerprint density at radius 3 is 2.59 bits per heavy atom. The van der Waals surface area contributed by atoms with Crippen LogP contribution in [0.25, 0.3) is 22.3 Å². The van der Waals surface area contributed by atoms with Crippen LogP contribution in [0.4, 0.5) is 5.69 Å². The molecule has 0 atom stereocenters. The molecule has 0 aliphatic rings. The first-order valence-electron chi connectivity index (χ1n) is 9.86. The van der Waals surface area contributed by atoms with Gasteiger partial charge in [0.15, 0.2) is 12.4 Å². The summed E-state index contributed by atoms with van der Waals surface area (Å²) in [6.07, 6.45) is 1.23. The van der Waals surface area contributed by atoms with Crippen LogP contribution in [0.5, 0.6) is 5.75 Å². The van der Waals surface area contributed by atoms with Crippen molar-refractivity contribution in [3.63, 3.8) is 0 Å². The second kappa shape index (κ2) is 9.63. The number of para-hydroxylation sites is 1. The lowest BCUT2D eigenvalue weighted by molar-refractivity contribution is -0.385. The zero-order valence-electron chi connectivity index (χ0n) is 17.4. The van der Waals surface area contributed by atoms with E-state index in [1.54, 1.807) is 48.5 Å². The highest BCUT2D eigenvalue weighted by Crippen LogP contribution is 2.34. The molecule has 0 saturated carbocycles. The van der Waals surface area contributed by atoms with Crippen molar-refractivity contribution in [1.29, 1.82) is 0 Å². The zero-order valence-corrected chi connectivity index (χ0v) is 19.0. The van der Waals surface area contributed by atoms with E-state index in [1.807, 2.05) is 6.07 Å². The smallest absolute Gasteiger partial charge is 0.312 e. The molecule has 1 heterocycles. The summed E-state index contributed by atoms with van der Waals surface area (Å²) in [7, 11) is 0. The van der Waals surface area contributed by atoms with Crippen molar-refractivity contribution < 1.29 is 14.5 Å². The molecule has 4 rings (SSSR count). The summed E-state index contributed by atoms with van der Waals surface area (Å²) >= 11 is 3.23. The Hall–Kier alpha value is -4.38. The summed E-state index contributed by atoms with van der Waals surface area (Å²) in [5.41, 5.74) is 5.61. The fraction of sp³-hybridized carbons (Fsp3) is 0.0435. The molecular formula is C23H16BrN5O5. The van der Waals surface area contributed by atoms with Gasteiger partial charge < -0.3 is 10.5 Å². The molecule has 0 aliphatic carbocycles. The van der Waals surface area contributed by atoms with Crippen molar-refractivity contribution >= 4 is 44.6 Å². The van der Waals surface area contributed by atoms with Gasteiger partial charge in [-0.25, -0.2) is 4.98 Å². The third-order valence-corrected chi connectivity index (χ3v) is 5.17. The minimum Gasteiger partial charge on any atom is -0.476 e. The molecule has 0 fully saturated rings. The Labute approximate surface area is 200 Å². The monoisotopic (exact) mass is 521 g/mol. The molecule has 3 aromatic carbocycles. The minimum absolute atomic E-state index is 0.154. The van der Waals surface area contributed by atoms with E-state index in [0.29, 0.717) is 20.9 Å². The van der Waals surface area contributed by atoms with E-state index < -0.39 is 28.7 Å². The van der Waals surface area contributed by atoms with Crippen molar-refractivity contribution in [3.8, 4) is 17.1 Å². The molecule has 1 aromatic heterocycles. The van der Waals surface area contributed by atoms with Gasteiger partial charge in [-0.15, -0.1) is 0 Å². The van der Waals surface area contributed by atoms with Crippen molar-refractivity contribution in [1.82, 2.24) is 9.66 Å². The number of nitro groups is 1. The molecule has 0 bridgehead atoms. The third-order valence-electron chi connectivity index (χ3n) is 4.72. The van der Waals surface area contributed by atoms with Crippen molar-refractivity contribution in [2.75, 3.05) is 6.61 Å². The first-order chi connectivity index (χ1) is 16.3. The number of aromatic nitrogens is 2. The van der Waals surface area contributed by atoms with Crippen LogP contribution in [0.3, 0.4) is 0 Å². The fourth-order valence-corrected chi connectivity index (χ4v) is 3.72. The largest absolute Gasteiger partial charge is 0.476 e. The van der Waals surface area contributed by atoms with Crippen molar-refractivity contribution in [2.45, 2.75) is 0 Å². The Morgan fingerprint density at radius 2 is 1.88 bits per heavy atom. The molecule has 34 heavy (non-hydrogen) atoms. The molecule has 0 spiro atoms. The van der Waals surface area contributed by atoms with Gasteiger partial charge in [0.25, 0.3) is 11.5 Å². The molecule has 170 valence electrons. The van der Waals surface area contributed by atoms with Crippen molar-refractivity contribution in [2.24, 2.45) is 10.8 Å². The highest BCUT2D eigenvalue weighted by Gasteiger charge is 2.21. The predicted molar refractivity (Wildman–Crippen MR) is 130 cm³/mol. The number of rotatable bonds is 7. The number of amides is 1. The molecule has 0 radical (unpaired) electrons. The van der Waals surface area contributed by atoms with Crippen LogP contribution in [0.15, 0.2) is 81.1 Å². The number of primary amides is 1. The van der Waals surface area contributed by atoms with E-state index in [0.717, 1.165) is 4.68 Å². The van der Waals surface area contributed by atoms with Crippen LogP contribution in [0.2, 0.25) is 0 Å². The van der Waals surface area contributed by atoms with Gasteiger partial charge in [-0.1, -0.05) is 58.4 Å². The molecule has 0 aliphatic heterocycles. The van der Waals surface area contributed by atoms with Gasteiger partial charge in [0.05, 0.1) is 22.0 Å². The molecule has 0 saturated heterocycles. The number of benzene rings is 3. The second-order valence-electron chi connectivity index (χ2n) is 7.04. The van der Waals surface area contributed by atoms with Crippen LogP contribution < -0.4 is 16.0 Å². The van der Waals surface area contributed by atoms with E-state index in [4.69, 9.17) is 10.5 Å². The van der Waals surface area contributed by atoms with Gasteiger partial charge in [-0.05, 0) is 18.2 Å². The van der Waals surface area contributed by atoms with E-state index in [9.17, 15) is 19.7 Å². The summed E-state index contributed by atoms with van der Waals surface area (Å²) < 4.78 is 6.81. The first kappa shape index (κ1) is 22.8. The summed E-state index contributed by atoms with van der Waals surface area (Å²) in [6, 6.07) is 18.6. The SMILES string of the molecule is NC(=O)COc1c(C=Nn2c(-c3ccccc3)nc3ccccc3c2=O)cc(Br)cc1[N+](=O)[O-]. The summed E-state index contributed by atoms with van der Waals surface area (Å²) in [5.74, 6) is -0.732. The number of nitro benzene ring substituents is 1. The number of nitrogens with two attached hydrogens (primary N) is 1. The average Bonchev–Trinajstić information content (AvgIpc) is 2.82. The number of halogens is 1. The molecule has 0 unspecified atom stereocenters. The minimum atomic E-state index is -0.804. The molecule has 11 heteroatoms. The first-order valence-corrected chi connectivity index (χ1v) is 10.6. The number of hydrogen-bond donors (Lipinski definition) is 1.